The normalized spacial score (nSPS) is 22.3. The van der Waals surface area contributed by atoms with Crippen LogP contribution in [0.1, 0.15) is 50.3 Å². The molecule has 5 nitrogen and oxygen atoms in total. The minimum Gasteiger partial charge on any atom is -0.339 e. The first kappa shape index (κ1) is 15.3. The lowest BCUT2D eigenvalue weighted by Crippen LogP contribution is -2.37. The average molecular weight is 329 g/mol. The average Bonchev–Trinajstić information content (AvgIpc) is 3.23. The molecule has 1 atom stereocenters. The van der Waals surface area contributed by atoms with Crippen molar-refractivity contribution in [1.82, 2.24) is 15.0 Å². The summed E-state index contributed by atoms with van der Waals surface area (Å²) in [6, 6.07) is 6.68. The molecule has 6 heteroatoms. The first-order chi connectivity index (χ1) is 11.7. The Morgan fingerprint density at radius 3 is 2.75 bits per heavy atom. The fraction of sp³-hybridized carbons (Fsp3) is 0.500. The zero-order chi connectivity index (χ0) is 16.5. The Labute approximate surface area is 139 Å². The minimum atomic E-state index is -0.390. The molecular formula is C18H20FN3O2. The highest BCUT2D eigenvalue weighted by atomic mass is 19.1. The van der Waals surface area contributed by atoms with Gasteiger partial charge in [-0.3, -0.25) is 4.79 Å². The molecule has 2 heterocycles. The summed E-state index contributed by atoms with van der Waals surface area (Å²) in [4.78, 5) is 18.7. The lowest BCUT2D eigenvalue weighted by molar-refractivity contribution is -0.130. The molecule has 1 aromatic carbocycles. The number of hydrogen-bond donors (Lipinski definition) is 0. The standard InChI is InChI=1S/C18H20FN3O2/c19-15-9-5-4-8-14(15)18-20-17(21-24-18)12-10-16(23)22(11-12)13-6-2-1-3-7-13/h4-5,8-9,12-13H,1-3,6-7,10-11H2/t12-/m0/s1. The Morgan fingerprint density at radius 2 is 1.96 bits per heavy atom. The van der Waals surface area contributed by atoms with Crippen LogP contribution in [0.3, 0.4) is 0 Å². The molecule has 0 bridgehead atoms. The fourth-order valence-corrected chi connectivity index (χ4v) is 3.79. The second kappa shape index (κ2) is 6.34. The van der Waals surface area contributed by atoms with Crippen molar-refractivity contribution in [2.24, 2.45) is 0 Å². The largest absolute Gasteiger partial charge is 0.339 e. The molecule has 0 spiro atoms. The molecule has 2 aromatic rings. The third kappa shape index (κ3) is 2.81. The van der Waals surface area contributed by atoms with Crippen molar-refractivity contribution < 1.29 is 13.7 Å². The number of aromatic nitrogens is 2. The lowest BCUT2D eigenvalue weighted by atomic mass is 9.94. The van der Waals surface area contributed by atoms with E-state index in [1.165, 1.54) is 25.3 Å². The van der Waals surface area contributed by atoms with Crippen LogP contribution in [0.5, 0.6) is 0 Å². The molecule has 0 unspecified atom stereocenters. The molecule has 0 radical (unpaired) electrons. The number of amides is 1. The van der Waals surface area contributed by atoms with Gasteiger partial charge in [0.2, 0.25) is 5.91 Å². The SMILES string of the molecule is O=C1C[C@H](c2noc(-c3ccccc3F)n2)CN1C1CCCCC1. The second-order valence-corrected chi connectivity index (χ2v) is 6.68. The monoisotopic (exact) mass is 329 g/mol. The Hall–Kier alpha value is -2.24. The number of likely N-dealkylation sites (tertiary alicyclic amines) is 1. The van der Waals surface area contributed by atoms with Crippen LogP contribution in [0.2, 0.25) is 0 Å². The number of benzene rings is 1. The number of carbonyl (C=O) groups excluding carboxylic acids is 1. The van der Waals surface area contributed by atoms with Crippen LogP contribution in [0, 0.1) is 5.82 Å². The molecule has 2 aliphatic rings. The molecule has 1 saturated carbocycles. The van der Waals surface area contributed by atoms with Crippen molar-refractivity contribution in [3.05, 3.63) is 35.9 Å². The summed E-state index contributed by atoms with van der Waals surface area (Å²) in [5.41, 5.74) is 0.296. The number of carbonyl (C=O) groups is 1. The molecule has 2 fully saturated rings. The van der Waals surface area contributed by atoms with Crippen molar-refractivity contribution in [3.63, 3.8) is 0 Å². The molecule has 24 heavy (non-hydrogen) atoms. The van der Waals surface area contributed by atoms with Crippen molar-refractivity contribution >= 4 is 5.91 Å². The Morgan fingerprint density at radius 1 is 1.17 bits per heavy atom. The van der Waals surface area contributed by atoms with Gasteiger partial charge in [-0.1, -0.05) is 36.6 Å². The molecule has 0 N–H and O–H groups in total. The van der Waals surface area contributed by atoms with E-state index in [0.29, 0.717) is 30.4 Å². The van der Waals surface area contributed by atoms with Gasteiger partial charge < -0.3 is 9.42 Å². The van der Waals surface area contributed by atoms with Crippen LogP contribution < -0.4 is 0 Å². The quantitative estimate of drug-likeness (QED) is 0.864. The molecule has 1 aliphatic carbocycles. The van der Waals surface area contributed by atoms with Crippen LogP contribution in [0.4, 0.5) is 4.39 Å². The van der Waals surface area contributed by atoms with E-state index in [-0.39, 0.29) is 23.5 Å². The van der Waals surface area contributed by atoms with Crippen LogP contribution in [0.15, 0.2) is 28.8 Å². The lowest BCUT2D eigenvalue weighted by Gasteiger charge is -2.31. The number of rotatable bonds is 3. The number of nitrogens with zero attached hydrogens (tertiary/aromatic N) is 3. The third-order valence-corrected chi connectivity index (χ3v) is 5.09. The van der Waals surface area contributed by atoms with E-state index >= 15 is 0 Å². The van der Waals surface area contributed by atoms with Gasteiger partial charge in [0.05, 0.1) is 5.56 Å². The second-order valence-electron chi connectivity index (χ2n) is 6.68. The highest BCUT2D eigenvalue weighted by Gasteiger charge is 2.37. The van der Waals surface area contributed by atoms with Gasteiger partial charge in [-0.25, -0.2) is 4.39 Å². The Kier molecular flexibility index (Phi) is 4.04. The van der Waals surface area contributed by atoms with Crippen molar-refractivity contribution in [3.8, 4) is 11.5 Å². The van der Waals surface area contributed by atoms with E-state index in [1.54, 1.807) is 18.2 Å². The zero-order valence-electron chi connectivity index (χ0n) is 13.4. The Bertz CT molecular complexity index is 739. The van der Waals surface area contributed by atoms with E-state index in [1.807, 2.05) is 4.90 Å². The van der Waals surface area contributed by atoms with Gasteiger partial charge >= 0.3 is 0 Å². The van der Waals surface area contributed by atoms with Gasteiger partial charge in [0.15, 0.2) is 5.82 Å². The highest BCUT2D eigenvalue weighted by Crippen LogP contribution is 2.33. The molecule has 4 rings (SSSR count). The smallest absolute Gasteiger partial charge is 0.260 e. The topological polar surface area (TPSA) is 59.2 Å². The van der Waals surface area contributed by atoms with Gasteiger partial charge in [0, 0.05) is 24.9 Å². The zero-order valence-corrected chi connectivity index (χ0v) is 13.4. The predicted octanol–water partition coefficient (Wildman–Crippen LogP) is 3.52. The van der Waals surface area contributed by atoms with Crippen LogP contribution in [-0.2, 0) is 4.79 Å². The van der Waals surface area contributed by atoms with Gasteiger partial charge in [-0.05, 0) is 25.0 Å². The molecule has 1 saturated heterocycles. The van der Waals surface area contributed by atoms with E-state index in [4.69, 9.17) is 4.52 Å². The summed E-state index contributed by atoms with van der Waals surface area (Å²) in [6.07, 6.45) is 6.24. The summed E-state index contributed by atoms with van der Waals surface area (Å²) >= 11 is 0. The van der Waals surface area contributed by atoms with Crippen LogP contribution in [0.25, 0.3) is 11.5 Å². The molecular weight excluding hydrogens is 309 g/mol. The summed E-state index contributed by atoms with van der Waals surface area (Å²) in [6.45, 7) is 0.639. The van der Waals surface area contributed by atoms with Gasteiger partial charge in [0.1, 0.15) is 5.82 Å². The Balaban J connectivity index is 1.51. The van der Waals surface area contributed by atoms with E-state index in [0.717, 1.165) is 12.8 Å². The van der Waals surface area contributed by atoms with Crippen molar-refractivity contribution in [1.29, 1.82) is 0 Å². The van der Waals surface area contributed by atoms with Crippen LogP contribution >= 0.6 is 0 Å². The van der Waals surface area contributed by atoms with Gasteiger partial charge in [0.25, 0.3) is 5.89 Å². The first-order valence-electron chi connectivity index (χ1n) is 8.60. The number of hydrogen-bond acceptors (Lipinski definition) is 4. The maximum Gasteiger partial charge on any atom is 0.260 e. The summed E-state index contributed by atoms with van der Waals surface area (Å²) in [7, 11) is 0. The van der Waals surface area contributed by atoms with Crippen LogP contribution in [-0.4, -0.2) is 33.5 Å². The van der Waals surface area contributed by atoms with Gasteiger partial charge in [-0.2, -0.15) is 4.98 Å². The third-order valence-electron chi connectivity index (χ3n) is 5.09. The highest BCUT2D eigenvalue weighted by molar-refractivity contribution is 5.80. The molecule has 1 amide bonds. The molecule has 1 aliphatic heterocycles. The first-order valence-corrected chi connectivity index (χ1v) is 8.60. The summed E-state index contributed by atoms with van der Waals surface area (Å²) in [5, 5.41) is 4.00. The maximum atomic E-state index is 13.8. The van der Waals surface area contributed by atoms with E-state index < -0.39 is 0 Å². The maximum absolute atomic E-state index is 13.8. The van der Waals surface area contributed by atoms with Crippen molar-refractivity contribution in [2.45, 2.75) is 50.5 Å². The van der Waals surface area contributed by atoms with E-state index in [2.05, 4.69) is 10.1 Å². The fourth-order valence-electron chi connectivity index (χ4n) is 3.79. The van der Waals surface area contributed by atoms with Gasteiger partial charge in [-0.15, -0.1) is 0 Å². The minimum absolute atomic E-state index is 0.0660. The molecule has 126 valence electrons. The van der Waals surface area contributed by atoms with Crippen molar-refractivity contribution in [2.75, 3.05) is 6.54 Å². The predicted molar refractivity (Wildman–Crippen MR) is 85.6 cm³/mol. The number of halogens is 1. The molecule has 1 aromatic heterocycles. The van der Waals surface area contributed by atoms with E-state index in [9.17, 15) is 9.18 Å². The summed E-state index contributed by atoms with van der Waals surface area (Å²) in [5.74, 6) is 0.387. The summed E-state index contributed by atoms with van der Waals surface area (Å²) < 4.78 is 19.1.